The smallest absolute Gasteiger partial charge is 0.429 e. The highest BCUT2D eigenvalue weighted by molar-refractivity contribution is 5.37. The van der Waals surface area contributed by atoms with Gasteiger partial charge in [-0.15, -0.1) is 0 Å². The van der Waals surface area contributed by atoms with Crippen molar-refractivity contribution in [1.29, 1.82) is 5.26 Å². The molecule has 0 amide bonds. The molecular formula is C11H10F3N3O. The Morgan fingerprint density at radius 2 is 2.28 bits per heavy atom. The number of alkyl halides is 3. The molecule has 0 bridgehead atoms. The third-order valence-electron chi connectivity index (χ3n) is 2.82. The van der Waals surface area contributed by atoms with Gasteiger partial charge in [-0.1, -0.05) is 0 Å². The fourth-order valence-corrected chi connectivity index (χ4v) is 1.80. The highest BCUT2D eigenvalue weighted by Crippen LogP contribution is 2.39. The van der Waals surface area contributed by atoms with E-state index in [1.165, 1.54) is 18.3 Å². The van der Waals surface area contributed by atoms with Gasteiger partial charge in [-0.3, -0.25) is 0 Å². The Morgan fingerprint density at radius 3 is 2.83 bits per heavy atom. The van der Waals surface area contributed by atoms with Crippen molar-refractivity contribution in [3.63, 3.8) is 0 Å². The molecule has 1 aromatic rings. The maximum atomic E-state index is 13.1. The molecule has 2 heterocycles. The number of pyridine rings is 1. The average molecular weight is 257 g/mol. The van der Waals surface area contributed by atoms with Crippen molar-refractivity contribution in [2.24, 2.45) is 0 Å². The Hall–Kier alpha value is -1.81. The van der Waals surface area contributed by atoms with E-state index in [9.17, 15) is 13.2 Å². The highest BCUT2D eigenvalue weighted by atomic mass is 19.4. The number of nitrogens with zero attached hydrogens (tertiary/aromatic N) is 2. The van der Waals surface area contributed by atoms with E-state index in [-0.39, 0.29) is 31.0 Å². The Morgan fingerprint density at radius 1 is 1.50 bits per heavy atom. The summed E-state index contributed by atoms with van der Waals surface area (Å²) in [6.07, 6.45) is -3.42. The summed E-state index contributed by atoms with van der Waals surface area (Å²) in [7, 11) is 0. The summed E-state index contributed by atoms with van der Waals surface area (Å²) >= 11 is 0. The lowest BCUT2D eigenvalue weighted by molar-refractivity contribution is -0.241. The predicted octanol–water partition coefficient (Wildman–Crippen LogP) is 1.63. The zero-order valence-corrected chi connectivity index (χ0v) is 9.29. The third kappa shape index (κ3) is 2.11. The summed E-state index contributed by atoms with van der Waals surface area (Å²) in [5.41, 5.74) is -2.31. The Bertz CT molecular complexity index is 475. The molecule has 1 aliphatic rings. The van der Waals surface area contributed by atoms with Crippen LogP contribution >= 0.6 is 0 Å². The van der Waals surface area contributed by atoms with Gasteiger partial charge in [0.2, 0.25) is 11.5 Å². The zero-order chi connectivity index (χ0) is 13.2. The molecule has 1 N–H and O–H groups in total. The van der Waals surface area contributed by atoms with E-state index in [1.54, 1.807) is 6.07 Å². The van der Waals surface area contributed by atoms with Crippen LogP contribution in [-0.4, -0.2) is 29.9 Å². The van der Waals surface area contributed by atoms with Crippen LogP contribution in [0.4, 0.5) is 13.2 Å². The molecule has 1 aliphatic heterocycles. The predicted molar refractivity (Wildman–Crippen MR) is 55.9 cm³/mol. The number of nitriles is 1. The van der Waals surface area contributed by atoms with Crippen LogP contribution in [0.5, 0.6) is 5.88 Å². The van der Waals surface area contributed by atoms with Gasteiger partial charge in [0.05, 0.1) is 0 Å². The minimum Gasteiger partial charge on any atom is -0.459 e. The van der Waals surface area contributed by atoms with Crippen LogP contribution in [0.3, 0.4) is 0 Å². The van der Waals surface area contributed by atoms with Crippen molar-refractivity contribution in [3.8, 4) is 11.9 Å². The van der Waals surface area contributed by atoms with E-state index in [0.717, 1.165) is 0 Å². The molecule has 1 fully saturated rings. The first-order valence-electron chi connectivity index (χ1n) is 5.30. The van der Waals surface area contributed by atoms with Crippen LogP contribution < -0.4 is 10.1 Å². The van der Waals surface area contributed by atoms with Gasteiger partial charge in [-0.2, -0.15) is 18.4 Å². The number of hydrogen-bond acceptors (Lipinski definition) is 4. The van der Waals surface area contributed by atoms with Gasteiger partial charge in [0.25, 0.3) is 0 Å². The number of halogens is 3. The van der Waals surface area contributed by atoms with Crippen LogP contribution in [-0.2, 0) is 0 Å². The van der Waals surface area contributed by atoms with Crippen LogP contribution in [0.25, 0.3) is 0 Å². The van der Waals surface area contributed by atoms with Gasteiger partial charge in [0.1, 0.15) is 11.6 Å². The van der Waals surface area contributed by atoms with E-state index < -0.39 is 11.8 Å². The molecule has 0 saturated carbocycles. The number of nitrogens with one attached hydrogen (secondary N) is 1. The van der Waals surface area contributed by atoms with Crippen LogP contribution in [0.1, 0.15) is 12.0 Å². The summed E-state index contributed by atoms with van der Waals surface area (Å²) in [6.45, 7) is -0.119. The fraction of sp³-hybridized carbons (Fsp3) is 0.455. The molecule has 0 aliphatic carbocycles. The van der Waals surface area contributed by atoms with Crippen LogP contribution in [0, 0.1) is 11.3 Å². The normalized spacial score (nSPS) is 23.7. The van der Waals surface area contributed by atoms with Gasteiger partial charge in [-0.05, 0) is 18.7 Å². The third-order valence-corrected chi connectivity index (χ3v) is 2.82. The lowest BCUT2D eigenvalue weighted by Crippen LogP contribution is -2.52. The number of hydrogen-bond donors (Lipinski definition) is 1. The standard InChI is InChI=1S/C11H10F3N3O/c12-11(13,14)10(3-5-16-7-10)18-9-8(6-15)2-1-4-17-9/h1-2,4,16H,3,5,7H2. The molecule has 7 heteroatoms. The summed E-state index contributed by atoms with van der Waals surface area (Å²) in [6, 6.07) is 4.60. The molecule has 2 rings (SSSR count). The van der Waals surface area contributed by atoms with Crippen molar-refractivity contribution < 1.29 is 17.9 Å². The largest absolute Gasteiger partial charge is 0.459 e. The van der Waals surface area contributed by atoms with Crippen molar-refractivity contribution in [2.75, 3.05) is 13.1 Å². The Kier molecular flexibility index (Phi) is 3.13. The molecule has 96 valence electrons. The molecule has 0 spiro atoms. The lowest BCUT2D eigenvalue weighted by Gasteiger charge is -2.31. The van der Waals surface area contributed by atoms with E-state index in [4.69, 9.17) is 10.00 Å². The van der Waals surface area contributed by atoms with Crippen molar-refractivity contribution >= 4 is 0 Å². The Balaban J connectivity index is 2.34. The van der Waals surface area contributed by atoms with Crippen molar-refractivity contribution in [3.05, 3.63) is 23.9 Å². The molecule has 1 aromatic heterocycles. The van der Waals surface area contributed by atoms with E-state index in [1.807, 2.05) is 0 Å². The Labute approximate surface area is 101 Å². The SMILES string of the molecule is N#Cc1cccnc1OC1(C(F)(F)F)CCNC1. The van der Waals surface area contributed by atoms with Gasteiger partial charge in [0.15, 0.2) is 0 Å². The maximum Gasteiger partial charge on any atom is 0.429 e. The zero-order valence-electron chi connectivity index (χ0n) is 9.29. The maximum absolute atomic E-state index is 13.1. The van der Waals surface area contributed by atoms with E-state index in [0.29, 0.717) is 0 Å². The summed E-state index contributed by atoms with van der Waals surface area (Å²) in [5.74, 6) is -0.277. The molecular weight excluding hydrogens is 247 g/mol. The highest BCUT2D eigenvalue weighted by Gasteiger charge is 2.59. The van der Waals surface area contributed by atoms with Gasteiger partial charge in [-0.25, -0.2) is 4.98 Å². The minimum absolute atomic E-state index is 0.00646. The summed E-state index contributed by atoms with van der Waals surface area (Å²) < 4.78 is 44.2. The number of rotatable bonds is 2. The molecule has 4 nitrogen and oxygen atoms in total. The second-order valence-corrected chi connectivity index (χ2v) is 3.99. The quantitative estimate of drug-likeness (QED) is 0.874. The van der Waals surface area contributed by atoms with Crippen molar-refractivity contribution in [1.82, 2.24) is 10.3 Å². The first-order chi connectivity index (χ1) is 8.48. The molecule has 18 heavy (non-hydrogen) atoms. The second kappa shape index (κ2) is 4.46. The molecule has 1 unspecified atom stereocenters. The molecule has 0 radical (unpaired) electrons. The van der Waals surface area contributed by atoms with E-state index in [2.05, 4.69) is 10.3 Å². The monoisotopic (exact) mass is 257 g/mol. The van der Waals surface area contributed by atoms with Gasteiger partial charge >= 0.3 is 6.18 Å². The van der Waals surface area contributed by atoms with Gasteiger partial charge in [0, 0.05) is 19.2 Å². The second-order valence-electron chi connectivity index (χ2n) is 3.99. The molecule has 1 atom stereocenters. The fourth-order valence-electron chi connectivity index (χ4n) is 1.80. The van der Waals surface area contributed by atoms with Crippen molar-refractivity contribution in [2.45, 2.75) is 18.2 Å². The topological polar surface area (TPSA) is 57.9 Å². The van der Waals surface area contributed by atoms with E-state index >= 15 is 0 Å². The van der Waals surface area contributed by atoms with Gasteiger partial charge < -0.3 is 10.1 Å². The number of aromatic nitrogens is 1. The van der Waals surface area contributed by atoms with Crippen LogP contribution in [0.15, 0.2) is 18.3 Å². The summed E-state index contributed by atoms with van der Waals surface area (Å²) in [4.78, 5) is 3.70. The first kappa shape index (κ1) is 12.6. The first-order valence-corrected chi connectivity index (χ1v) is 5.30. The number of ether oxygens (including phenoxy) is 1. The molecule has 1 saturated heterocycles. The summed E-state index contributed by atoms with van der Waals surface area (Å²) in [5, 5.41) is 11.4. The minimum atomic E-state index is -4.51. The average Bonchev–Trinajstić information content (AvgIpc) is 2.79. The lowest BCUT2D eigenvalue weighted by atomic mass is 10.0. The van der Waals surface area contributed by atoms with Crippen LogP contribution in [0.2, 0.25) is 0 Å². The molecule has 0 aromatic carbocycles.